The van der Waals surface area contributed by atoms with E-state index in [2.05, 4.69) is 64.4 Å². The molecule has 1 aromatic heterocycles. The van der Waals surface area contributed by atoms with Gasteiger partial charge in [-0.1, -0.05) is 31.2 Å². The molecule has 1 aliphatic heterocycles. The maximum atomic E-state index is 4.63. The lowest BCUT2D eigenvalue weighted by atomic mass is 9.99. The second-order valence-corrected chi connectivity index (χ2v) is 6.61. The van der Waals surface area contributed by atoms with E-state index in [9.17, 15) is 0 Å². The second-order valence-electron chi connectivity index (χ2n) is 6.61. The van der Waals surface area contributed by atoms with Crippen LogP contribution < -0.4 is 10.2 Å². The van der Waals surface area contributed by atoms with Crippen LogP contribution in [-0.4, -0.2) is 23.1 Å². The van der Waals surface area contributed by atoms with Crippen molar-refractivity contribution >= 4 is 11.6 Å². The highest BCUT2D eigenvalue weighted by molar-refractivity contribution is 5.50. The molecule has 1 saturated heterocycles. The van der Waals surface area contributed by atoms with Gasteiger partial charge in [-0.3, -0.25) is 0 Å². The Bertz CT molecular complexity index is 660. The van der Waals surface area contributed by atoms with Crippen LogP contribution in [0.3, 0.4) is 0 Å². The number of aryl methyl sites for hydroxylation is 2. The zero-order chi connectivity index (χ0) is 16.2. The SMILES string of the molecule is Cc1nc(NCc2ccccc2C)cc(N2CCC(C)CC2)n1. The monoisotopic (exact) mass is 310 g/mol. The maximum absolute atomic E-state index is 4.63. The Morgan fingerprint density at radius 1 is 1.13 bits per heavy atom. The summed E-state index contributed by atoms with van der Waals surface area (Å²) in [6.45, 7) is 9.42. The molecule has 1 aliphatic rings. The highest BCUT2D eigenvalue weighted by Gasteiger charge is 2.17. The summed E-state index contributed by atoms with van der Waals surface area (Å²) in [7, 11) is 0. The van der Waals surface area contributed by atoms with Crippen molar-refractivity contribution in [2.45, 2.75) is 40.2 Å². The topological polar surface area (TPSA) is 41.1 Å². The highest BCUT2D eigenvalue weighted by atomic mass is 15.2. The minimum absolute atomic E-state index is 0.791. The maximum Gasteiger partial charge on any atom is 0.134 e. The Labute approximate surface area is 139 Å². The van der Waals surface area contributed by atoms with Crippen LogP contribution in [0.5, 0.6) is 0 Å². The van der Waals surface area contributed by atoms with Gasteiger partial charge in [0.15, 0.2) is 0 Å². The summed E-state index contributed by atoms with van der Waals surface area (Å²) in [5.74, 6) is 3.62. The van der Waals surface area contributed by atoms with E-state index in [-0.39, 0.29) is 0 Å². The minimum Gasteiger partial charge on any atom is -0.366 e. The van der Waals surface area contributed by atoms with Gasteiger partial charge < -0.3 is 10.2 Å². The molecule has 1 aromatic carbocycles. The Hall–Kier alpha value is -2.10. The molecule has 0 bridgehead atoms. The van der Waals surface area contributed by atoms with Crippen molar-refractivity contribution in [1.29, 1.82) is 0 Å². The van der Waals surface area contributed by atoms with E-state index in [1.54, 1.807) is 0 Å². The van der Waals surface area contributed by atoms with Gasteiger partial charge in [-0.25, -0.2) is 9.97 Å². The molecule has 0 atom stereocenters. The molecule has 122 valence electrons. The molecule has 0 radical (unpaired) electrons. The van der Waals surface area contributed by atoms with Crippen LogP contribution in [0.4, 0.5) is 11.6 Å². The molecule has 1 fully saturated rings. The fraction of sp³-hybridized carbons (Fsp3) is 0.474. The van der Waals surface area contributed by atoms with Crippen molar-refractivity contribution in [3.63, 3.8) is 0 Å². The number of rotatable bonds is 4. The molecular weight excluding hydrogens is 284 g/mol. The first-order valence-corrected chi connectivity index (χ1v) is 8.51. The first-order chi connectivity index (χ1) is 11.1. The van der Waals surface area contributed by atoms with E-state index in [1.165, 1.54) is 24.0 Å². The van der Waals surface area contributed by atoms with E-state index in [4.69, 9.17) is 0 Å². The summed E-state index contributed by atoms with van der Waals surface area (Å²) in [6.07, 6.45) is 2.49. The van der Waals surface area contributed by atoms with Crippen molar-refractivity contribution in [3.05, 3.63) is 47.3 Å². The van der Waals surface area contributed by atoms with E-state index >= 15 is 0 Å². The normalized spacial score (nSPS) is 15.7. The summed E-state index contributed by atoms with van der Waals surface area (Å²) in [5.41, 5.74) is 2.60. The predicted molar refractivity (Wildman–Crippen MR) is 95.9 cm³/mol. The first kappa shape index (κ1) is 15.8. The summed E-state index contributed by atoms with van der Waals surface area (Å²) >= 11 is 0. The van der Waals surface area contributed by atoms with Gasteiger partial charge >= 0.3 is 0 Å². The number of aromatic nitrogens is 2. The average molecular weight is 310 g/mol. The van der Waals surface area contributed by atoms with Crippen LogP contribution in [0.1, 0.15) is 36.7 Å². The summed E-state index contributed by atoms with van der Waals surface area (Å²) in [4.78, 5) is 11.6. The zero-order valence-corrected chi connectivity index (χ0v) is 14.3. The molecule has 2 heterocycles. The van der Waals surface area contributed by atoms with E-state index < -0.39 is 0 Å². The van der Waals surface area contributed by atoms with Crippen LogP contribution in [-0.2, 0) is 6.54 Å². The van der Waals surface area contributed by atoms with Crippen molar-refractivity contribution in [2.24, 2.45) is 5.92 Å². The summed E-state index contributed by atoms with van der Waals surface area (Å²) < 4.78 is 0. The molecule has 23 heavy (non-hydrogen) atoms. The Morgan fingerprint density at radius 2 is 1.87 bits per heavy atom. The predicted octanol–water partition coefficient (Wildman–Crippen LogP) is 3.94. The van der Waals surface area contributed by atoms with Crippen LogP contribution in [0.2, 0.25) is 0 Å². The van der Waals surface area contributed by atoms with Gasteiger partial charge in [0.1, 0.15) is 17.5 Å². The molecule has 0 unspecified atom stereocenters. The highest BCUT2D eigenvalue weighted by Crippen LogP contribution is 2.23. The minimum atomic E-state index is 0.791. The lowest BCUT2D eigenvalue weighted by Gasteiger charge is -2.31. The average Bonchev–Trinajstić information content (AvgIpc) is 2.54. The molecule has 3 rings (SSSR count). The number of anilines is 2. The number of piperidine rings is 1. The van der Waals surface area contributed by atoms with Crippen LogP contribution in [0, 0.1) is 19.8 Å². The van der Waals surface area contributed by atoms with E-state index in [0.717, 1.165) is 43.0 Å². The fourth-order valence-corrected chi connectivity index (χ4v) is 3.04. The summed E-state index contributed by atoms with van der Waals surface area (Å²) in [5, 5.41) is 3.45. The third kappa shape index (κ3) is 4.01. The molecule has 1 N–H and O–H groups in total. The molecule has 4 nitrogen and oxygen atoms in total. The Balaban J connectivity index is 1.71. The number of benzene rings is 1. The van der Waals surface area contributed by atoms with Crippen LogP contribution in [0.15, 0.2) is 30.3 Å². The summed E-state index contributed by atoms with van der Waals surface area (Å²) in [6, 6.07) is 10.5. The van der Waals surface area contributed by atoms with Crippen molar-refractivity contribution in [2.75, 3.05) is 23.3 Å². The van der Waals surface area contributed by atoms with Gasteiger partial charge in [-0.05, 0) is 43.7 Å². The number of hydrogen-bond acceptors (Lipinski definition) is 4. The van der Waals surface area contributed by atoms with Gasteiger partial charge in [0, 0.05) is 25.7 Å². The van der Waals surface area contributed by atoms with E-state index in [1.807, 2.05) is 6.92 Å². The lowest BCUT2D eigenvalue weighted by molar-refractivity contribution is 0.436. The van der Waals surface area contributed by atoms with Crippen molar-refractivity contribution in [3.8, 4) is 0 Å². The molecule has 4 heteroatoms. The van der Waals surface area contributed by atoms with Crippen LogP contribution in [0.25, 0.3) is 0 Å². The van der Waals surface area contributed by atoms with Gasteiger partial charge in [0.25, 0.3) is 0 Å². The van der Waals surface area contributed by atoms with Crippen molar-refractivity contribution < 1.29 is 0 Å². The third-order valence-electron chi connectivity index (χ3n) is 4.65. The first-order valence-electron chi connectivity index (χ1n) is 8.51. The third-order valence-corrected chi connectivity index (χ3v) is 4.65. The fourth-order valence-electron chi connectivity index (χ4n) is 3.04. The number of hydrogen-bond donors (Lipinski definition) is 1. The molecule has 0 aliphatic carbocycles. The second kappa shape index (κ2) is 6.99. The van der Waals surface area contributed by atoms with E-state index in [0.29, 0.717) is 0 Å². The molecule has 0 spiro atoms. The molecule has 2 aromatic rings. The quantitative estimate of drug-likeness (QED) is 0.928. The zero-order valence-electron chi connectivity index (χ0n) is 14.3. The Kier molecular flexibility index (Phi) is 4.79. The molecular formula is C19H26N4. The lowest BCUT2D eigenvalue weighted by Crippen LogP contribution is -2.33. The van der Waals surface area contributed by atoms with Gasteiger partial charge in [0.05, 0.1) is 0 Å². The smallest absolute Gasteiger partial charge is 0.134 e. The number of nitrogens with zero attached hydrogens (tertiary/aromatic N) is 3. The van der Waals surface area contributed by atoms with Gasteiger partial charge in [0.2, 0.25) is 0 Å². The van der Waals surface area contributed by atoms with Gasteiger partial charge in [-0.15, -0.1) is 0 Å². The van der Waals surface area contributed by atoms with Gasteiger partial charge in [-0.2, -0.15) is 0 Å². The van der Waals surface area contributed by atoms with Crippen molar-refractivity contribution in [1.82, 2.24) is 9.97 Å². The van der Waals surface area contributed by atoms with Crippen LogP contribution >= 0.6 is 0 Å². The Morgan fingerprint density at radius 3 is 2.61 bits per heavy atom. The molecule has 0 saturated carbocycles. The number of nitrogens with one attached hydrogen (secondary N) is 1. The largest absolute Gasteiger partial charge is 0.366 e. The molecule has 0 amide bonds. The standard InChI is InChI=1S/C19H26N4/c1-14-8-10-23(11-9-14)19-12-18(21-16(3)22-19)20-13-17-7-5-4-6-15(17)2/h4-7,12,14H,8-11,13H2,1-3H3,(H,20,21,22).